The summed E-state index contributed by atoms with van der Waals surface area (Å²) >= 11 is 7.81. The molecule has 7 aromatic rings. The van der Waals surface area contributed by atoms with Crippen LogP contribution in [-0.4, -0.2) is 14.1 Å². The van der Waals surface area contributed by atoms with Gasteiger partial charge in [-0.3, -0.25) is 0 Å². The van der Waals surface area contributed by atoms with Gasteiger partial charge in [-0.15, -0.1) is 45.3 Å². The molecule has 6 heterocycles. The number of nitrogens with zero attached hydrogens (tertiary/aromatic N) is 2. The van der Waals surface area contributed by atoms with Gasteiger partial charge in [0.2, 0.25) is 0 Å². The van der Waals surface area contributed by atoms with Crippen LogP contribution in [-0.2, 0) is 23.7 Å². The van der Waals surface area contributed by atoms with Crippen LogP contribution in [0.3, 0.4) is 0 Å². The second kappa shape index (κ2) is 16.7. The molecular weight excluding hydrogens is 805 g/mol. The van der Waals surface area contributed by atoms with E-state index >= 15 is 0 Å². The third-order valence-electron chi connectivity index (χ3n) is 13.4. The highest BCUT2D eigenvalue weighted by Gasteiger charge is 2.41. The second-order valence-electron chi connectivity index (χ2n) is 18.2. The van der Waals surface area contributed by atoms with Crippen LogP contribution in [0.2, 0.25) is 0 Å². The van der Waals surface area contributed by atoms with E-state index in [1.54, 1.807) is 0 Å². The second-order valence-corrected chi connectivity index (χ2v) is 22.7. The average molecular weight is 865 g/mol. The number of benzene rings is 3. The van der Waals surface area contributed by atoms with Crippen molar-refractivity contribution < 1.29 is 0 Å². The van der Waals surface area contributed by atoms with Gasteiger partial charge in [0, 0.05) is 86.7 Å². The number of aryl methyl sites for hydroxylation is 2. The Bertz CT molecular complexity index is 2460. The van der Waals surface area contributed by atoms with Gasteiger partial charge in [-0.1, -0.05) is 92.2 Å². The quantitative estimate of drug-likeness (QED) is 0.101. The van der Waals surface area contributed by atoms with E-state index in [-0.39, 0.29) is 10.8 Å². The smallest absolute Gasteiger partial charge is 0.0454 e. The normalized spacial score (nSPS) is 14.9. The lowest BCUT2D eigenvalue weighted by Gasteiger charge is -2.45. The van der Waals surface area contributed by atoms with Gasteiger partial charge < -0.3 is 9.80 Å². The topological polar surface area (TPSA) is 6.48 Å². The molecule has 4 aromatic heterocycles. The van der Waals surface area contributed by atoms with E-state index < -0.39 is 0 Å². The van der Waals surface area contributed by atoms with E-state index in [9.17, 15) is 0 Å². The summed E-state index contributed by atoms with van der Waals surface area (Å²) in [7, 11) is 4.53. The first kappa shape index (κ1) is 41.4. The van der Waals surface area contributed by atoms with Gasteiger partial charge in [0.05, 0.1) is 0 Å². The fraction of sp³-hybridized carbons (Fsp3) is 0.370. The number of anilines is 4. The Morgan fingerprint density at radius 3 is 1.17 bits per heavy atom. The van der Waals surface area contributed by atoms with Crippen LogP contribution in [0.4, 0.5) is 22.7 Å². The number of thiophene rings is 4. The highest BCUT2D eigenvalue weighted by atomic mass is 32.1. The maximum Gasteiger partial charge on any atom is 0.0454 e. The average Bonchev–Trinajstić information content (AvgIpc) is 4.10. The fourth-order valence-corrected chi connectivity index (χ4v) is 13.9. The van der Waals surface area contributed by atoms with Crippen molar-refractivity contribution in [1.29, 1.82) is 0 Å². The van der Waals surface area contributed by atoms with Crippen LogP contribution >= 0.6 is 45.3 Å². The molecule has 0 spiro atoms. The minimum atomic E-state index is -0.173. The molecule has 310 valence electrons. The molecule has 2 aliphatic rings. The summed E-state index contributed by atoms with van der Waals surface area (Å²) in [4.78, 5) is 16.1. The zero-order valence-electron chi connectivity index (χ0n) is 36.8. The highest BCUT2D eigenvalue weighted by Crippen LogP contribution is 2.56. The Morgan fingerprint density at radius 1 is 0.383 bits per heavy atom. The third-order valence-corrected chi connectivity index (χ3v) is 18.3. The van der Waals surface area contributed by atoms with Gasteiger partial charge in [-0.05, 0) is 144 Å². The van der Waals surface area contributed by atoms with Crippen LogP contribution < -0.4 is 9.80 Å². The van der Waals surface area contributed by atoms with Crippen molar-refractivity contribution in [3.8, 4) is 40.4 Å². The van der Waals surface area contributed by atoms with Gasteiger partial charge in [-0.25, -0.2) is 0 Å². The van der Waals surface area contributed by atoms with E-state index in [2.05, 4.69) is 162 Å². The zero-order chi connectivity index (χ0) is 41.8. The van der Waals surface area contributed by atoms with Crippen molar-refractivity contribution in [2.75, 3.05) is 23.9 Å². The van der Waals surface area contributed by atoms with Crippen molar-refractivity contribution in [1.82, 2.24) is 0 Å². The Morgan fingerprint density at radius 2 is 0.750 bits per heavy atom. The molecule has 9 rings (SSSR count). The third kappa shape index (κ3) is 7.54. The highest BCUT2D eigenvalue weighted by molar-refractivity contribution is 7.24. The predicted molar refractivity (Wildman–Crippen MR) is 269 cm³/mol. The van der Waals surface area contributed by atoms with Gasteiger partial charge >= 0.3 is 0 Å². The first-order chi connectivity index (χ1) is 29.0. The van der Waals surface area contributed by atoms with E-state index in [4.69, 9.17) is 0 Å². The molecule has 0 unspecified atom stereocenters. The molecule has 0 bridgehead atoms. The van der Waals surface area contributed by atoms with Gasteiger partial charge in [0.15, 0.2) is 0 Å². The zero-order valence-corrected chi connectivity index (χ0v) is 40.1. The molecule has 0 aliphatic carbocycles. The number of rotatable bonds is 14. The minimum Gasteiger partial charge on any atom is -0.344 e. The summed E-state index contributed by atoms with van der Waals surface area (Å²) in [5.74, 6) is 0. The van der Waals surface area contributed by atoms with Crippen molar-refractivity contribution in [3.05, 3.63) is 129 Å². The molecule has 0 radical (unpaired) electrons. The molecule has 2 nitrogen and oxygen atoms in total. The van der Waals surface area contributed by atoms with Crippen LogP contribution in [0.25, 0.3) is 40.4 Å². The first-order valence-corrected chi connectivity index (χ1v) is 25.6. The summed E-state index contributed by atoms with van der Waals surface area (Å²) in [6, 6.07) is 38.1. The number of hydrogen-bond donors (Lipinski definition) is 0. The summed E-state index contributed by atoms with van der Waals surface area (Å²) in [6.07, 6.45) is 12.9. The van der Waals surface area contributed by atoms with Crippen LogP contribution in [0.5, 0.6) is 0 Å². The molecular formula is C54H60N2S4. The summed E-state index contributed by atoms with van der Waals surface area (Å²) in [5.41, 5.74) is 13.0. The summed E-state index contributed by atoms with van der Waals surface area (Å²) < 4.78 is 0. The molecule has 3 aromatic carbocycles. The number of unbranched alkanes of at least 4 members (excludes halogenated alkanes) is 6. The Kier molecular flexibility index (Phi) is 11.6. The molecule has 60 heavy (non-hydrogen) atoms. The van der Waals surface area contributed by atoms with Crippen molar-refractivity contribution in [2.45, 2.75) is 117 Å². The molecule has 0 saturated carbocycles. The van der Waals surface area contributed by atoms with Crippen LogP contribution in [0, 0.1) is 0 Å². The Hall–Kier alpha value is -3.94. The van der Waals surface area contributed by atoms with E-state index in [1.807, 2.05) is 45.3 Å². The van der Waals surface area contributed by atoms with E-state index in [1.165, 1.54) is 159 Å². The lowest BCUT2D eigenvalue weighted by atomic mass is 9.69. The number of fused-ring (bicyclic) bond motifs is 4. The van der Waals surface area contributed by atoms with Crippen molar-refractivity contribution >= 4 is 68.1 Å². The standard InChI is InChI=1S/C54H60N2S4/c1-9-11-13-15-17-37-21-25-49(57-37)51-29-27-47(59-51)35-19-23-43-39(31-35)53(3,4)41-33-46-42(34-45(41)55(43)7)54(5,6)40-32-36(20-24-44(40)56(46)8)48-28-30-52(60-48)50-26-22-38(58-50)18-16-14-12-10-2/h19-34H,9-18H2,1-8H3. The van der Waals surface area contributed by atoms with Crippen LogP contribution in [0.15, 0.2) is 97.1 Å². The Balaban J connectivity index is 0.981. The van der Waals surface area contributed by atoms with Crippen molar-refractivity contribution in [2.24, 2.45) is 0 Å². The molecule has 0 saturated heterocycles. The molecule has 0 atom stereocenters. The van der Waals surface area contributed by atoms with E-state index in [0.717, 1.165) is 0 Å². The Labute approximate surface area is 375 Å². The van der Waals surface area contributed by atoms with Gasteiger partial charge in [0.25, 0.3) is 0 Å². The maximum absolute atomic E-state index is 2.51. The SMILES string of the molecule is CCCCCCc1ccc(-c2ccc(-c3ccc4c(c3)C(C)(C)c3cc5c(cc3N4C)C(C)(C)c3cc(-c4ccc(-c6ccc(CCCCCC)s6)s4)ccc3N5C)s2)s1. The van der Waals surface area contributed by atoms with E-state index in [0.29, 0.717) is 0 Å². The predicted octanol–water partition coefficient (Wildman–Crippen LogP) is 17.7. The minimum absolute atomic E-state index is 0.173. The van der Waals surface area contributed by atoms with Gasteiger partial charge in [-0.2, -0.15) is 0 Å². The molecule has 2 aliphatic heterocycles. The first-order valence-electron chi connectivity index (χ1n) is 22.3. The molecule has 6 heteroatoms. The summed E-state index contributed by atoms with van der Waals surface area (Å²) in [5, 5.41) is 0. The fourth-order valence-electron chi connectivity index (χ4n) is 9.64. The van der Waals surface area contributed by atoms with Crippen LogP contribution in [0.1, 0.15) is 125 Å². The maximum atomic E-state index is 2.51. The molecule has 0 fully saturated rings. The molecule has 0 N–H and O–H groups in total. The summed E-state index contributed by atoms with van der Waals surface area (Å²) in [6.45, 7) is 14.3. The largest absolute Gasteiger partial charge is 0.344 e. The molecule has 0 amide bonds. The van der Waals surface area contributed by atoms with Gasteiger partial charge in [0.1, 0.15) is 0 Å². The monoisotopic (exact) mass is 864 g/mol. The van der Waals surface area contributed by atoms with Crippen molar-refractivity contribution in [3.63, 3.8) is 0 Å². The lowest BCUT2D eigenvalue weighted by Crippen LogP contribution is -2.35. The lowest BCUT2D eigenvalue weighted by molar-refractivity contribution is 0.612. The number of hydrogen-bond acceptors (Lipinski definition) is 6.